The van der Waals surface area contributed by atoms with Crippen LogP contribution in [-0.2, 0) is 33.2 Å². The second kappa shape index (κ2) is 15.4. The molecule has 4 aliphatic heterocycles. The Labute approximate surface area is 249 Å². The third-order valence-corrected chi connectivity index (χ3v) is 8.14. The summed E-state index contributed by atoms with van der Waals surface area (Å²) in [4.78, 5) is 0. The van der Waals surface area contributed by atoms with Crippen LogP contribution in [0.4, 0.5) is 0 Å². The fourth-order valence-corrected chi connectivity index (χ4v) is 5.48. The lowest BCUT2D eigenvalue weighted by atomic mass is 9.96. The summed E-state index contributed by atoms with van der Waals surface area (Å²) in [7, 11) is 0. The Morgan fingerprint density at radius 1 is 0.364 bits per heavy atom. The Balaban J connectivity index is 1.55. The molecule has 0 aromatic heterocycles. The van der Waals surface area contributed by atoms with Crippen molar-refractivity contribution >= 4 is 0 Å². The van der Waals surface area contributed by atoms with E-state index in [4.69, 9.17) is 33.2 Å². The quantitative estimate of drug-likeness (QED) is 0.0987. The highest BCUT2D eigenvalue weighted by atomic mass is 16.8. The van der Waals surface area contributed by atoms with E-state index in [1.54, 1.807) is 0 Å². The van der Waals surface area contributed by atoms with E-state index in [9.17, 15) is 66.4 Å². The van der Waals surface area contributed by atoms with Crippen molar-refractivity contribution in [3.63, 3.8) is 0 Å². The first-order chi connectivity index (χ1) is 20.9. The van der Waals surface area contributed by atoms with Crippen LogP contribution in [0.25, 0.3) is 0 Å². The van der Waals surface area contributed by atoms with Crippen molar-refractivity contribution < 1.29 is 99.5 Å². The first-order valence-electron chi connectivity index (χ1n) is 14.0. The van der Waals surface area contributed by atoms with Gasteiger partial charge in [0.15, 0.2) is 18.9 Å². The molecule has 0 unspecified atom stereocenters. The van der Waals surface area contributed by atoms with Crippen LogP contribution < -0.4 is 0 Å². The van der Waals surface area contributed by atoms with Crippen LogP contribution in [0.2, 0.25) is 0 Å². The molecule has 0 amide bonds. The Bertz CT molecular complexity index is 881. The smallest absolute Gasteiger partial charge is 0.187 e. The molecule has 0 radical (unpaired) electrons. The summed E-state index contributed by atoms with van der Waals surface area (Å²) < 4.78 is 38.4. The summed E-state index contributed by atoms with van der Waals surface area (Å²) in [6.07, 6.45) is -31.4. The molecule has 44 heavy (non-hydrogen) atoms. The van der Waals surface area contributed by atoms with E-state index in [1.165, 1.54) is 0 Å². The average Bonchev–Trinajstić information content (AvgIpc) is 3.33. The molecule has 20 heteroatoms. The van der Waals surface area contributed by atoms with Crippen molar-refractivity contribution in [3.8, 4) is 0 Å². The van der Waals surface area contributed by atoms with Gasteiger partial charge in [-0.25, -0.2) is 0 Å². The van der Waals surface area contributed by atoms with E-state index in [0.29, 0.717) is 0 Å². The lowest BCUT2D eigenvalue weighted by Crippen LogP contribution is -2.65. The minimum absolute atomic E-state index is 0.650. The SMILES string of the molecule is OC[C@@H]1O[C@H](CO)[C@@H](O)[C@@H]1O[C@@H]1O[C@H](CO[C@H]2O[C@H](CO)[C@@H](O)[C@H](O)[C@@H]2O)[C@@H](O)[C@H](O[C@H]2O[C@H](CO)[C@@H](O)[C@H](O)[C@@H]2O)[C@@H]1O. The second-order valence-electron chi connectivity index (χ2n) is 11.0. The van der Waals surface area contributed by atoms with Gasteiger partial charge in [0.25, 0.3) is 0 Å². The maximum Gasteiger partial charge on any atom is 0.187 e. The average molecular weight is 651 g/mol. The number of rotatable bonds is 11. The molecule has 0 aromatic carbocycles. The highest BCUT2D eigenvalue weighted by molar-refractivity contribution is 4.97. The monoisotopic (exact) mass is 650 g/mol. The molecular formula is C24H42O20. The van der Waals surface area contributed by atoms with E-state index in [2.05, 4.69) is 0 Å². The number of hydrogen-bond donors (Lipinski definition) is 13. The van der Waals surface area contributed by atoms with Crippen LogP contribution in [0.5, 0.6) is 0 Å². The van der Waals surface area contributed by atoms with Crippen LogP contribution in [0, 0.1) is 0 Å². The van der Waals surface area contributed by atoms with Gasteiger partial charge in [-0.05, 0) is 0 Å². The molecular weight excluding hydrogens is 608 g/mol. The Hall–Kier alpha value is -0.800. The third-order valence-electron chi connectivity index (χ3n) is 8.14. The van der Waals surface area contributed by atoms with Crippen molar-refractivity contribution in [2.75, 3.05) is 33.0 Å². The van der Waals surface area contributed by atoms with E-state index < -0.39 is 150 Å². The molecule has 0 saturated carbocycles. The minimum Gasteiger partial charge on any atom is -0.394 e. The van der Waals surface area contributed by atoms with Gasteiger partial charge in [0.2, 0.25) is 0 Å². The van der Waals surface area contributed by atoms with Crippen LogP contribution in [0.15, 0.2) is 0 Å². The zero-order valence-corrected chi connectivity index (χ0v) is 23.2. The molecule has 0 spiro atoms. The van der Waals surface area contributed by atoms with Gasteiger partial charge in [-0.2, -0.15) is 0 Å². The van der Waals surface area contributed by atoms with Gasteiger partial charge in [0, 0.05) is 0 Å². The standard InChI is InChI=1S/C24H42O20/c25-1-6-11(29)15(33)17(35)22(40-6)38-5-10-14(32)21(44-23-18(36)16(34)12(30)7(2-26)41-23)19(37)24(42-10)43-20-9(4-28)39-8(3-27)13(20)31/h6-37H,1-5H2/t6-,7-,8-,9+,10-,11-,12-,13-,14-,15+,16+,17+,18+,19+,20-,21+,22+,23-,24+/m1/s1. The van der Waals surface area contributed by atoms with Gasteiger partial charge in [-0.15, -0.1) is 0 Å². The summed E-state index contributed by atoms with van der Waals surface area (Å²) in [5, 5.41) is 132. The molecule has 4 fully saturated rings. The highest BCUT2D eigenvalue weighted by Crippen LogP contribution is 2.33. The van der Waals surface area contributed by atoms with Crippen LogP contribution >= 0.6 is 0 Å². The first kappa shape index (κ1) is 36.0. The van der Waals surface area contributed by atoms with Gasteiger partial charge < -0.3 is 99.5 Å². The predicted molar refractivity (Wildman–Crippen MR) is 133 cm³/mol. The Morgan fingerprint density at radius 2 is 0.773 bits per heavy atom. The molecule has 0 aliphatic carbocycles. The first-order valence-corrected chi connectivity index (χ1v) is 14.0. The number of aliphatic hydroxyl groups excluding tert-OH is 13. The predicted octanol–water partition coefficient (Wildman–Crippen LogP) is -9.07. The summed E-state index contributed by atoms with van der Waals surface area (Å²) in [6, 6.07) is 0. The Kier molecular flexibility index (Phi) is 12.6. The lowest BCUT2D eigenvalue weighted by Gasteiger charge is -2.47. The molecule has 4 saturated heterocycles. The molecule has 0 bridgehead atoms. The van der Waals surface area contributed by atoms with Gasteiger partial charge >= 0.3 is 0 Å². The van der Waals surface area contributed by atoms with E-state index in [-0.39, 0.29) is 0 Å². The van der Waals surface area contributed by atoms with Crippen molar-refractivity contribution in [3.05, 3.63) is 0 Å². The summed E-state index contributed by atoms with van der Waals surface area (Å²) >= 11 is 0. The summed E-state index contributed by atoms with van der Waals surface area (Å²) in [6.45, 7) is -3.59. The topological polar surface area (TPSA) is 328 Å². The van der Waals surface area contributed by atoms with Gasteiger partial charge in [-0.3, -0.25) is 0 Å². The van der Waals surface area contributed by atoms with E-state index >= 15 is 0 Å². The molecule has 19 atom stereocenters. The van der Waals surface area contributed by atoms with Gasteiger partial charge in [-0.1, -0.05) is 0 Å². The molecule has 258 valence electrons. The molecule has 20 nitrogen and oxygen atoms in total. The minimum atomic E-state index is -1.96. The molecule has 4 aliphatic rings. The number of aliphatic hydroxyl groups is 13. The maximum absolute atomic E-state index is 11.1. The fraction of sp³-hybridized carbons (Fsp3) is 1.00. The second-order valence-corrected chi connectivity index (χ2v) is 11.0. The zero-order valence-electron chi connectivity index (χ0n) is 23.2. The Morgan fingerprint density at radius 3 is 1.32 bits per heavy atom. The summed E-state index contributed by atoms with van der Waals surface area (Å²) in [5.74, 6) is 0. The van der Waals surface area contributed by atoms with Crippen molar-refractivity contribution in [2.24, 2.45) is 0 Å². The normalized spacial score (nSPS) is 51.9. The van der Waals surface area contributed by atoms with Crippen molar-refractivity contribution in [1.29, 1.82) is 0 Å². The van der Waals surface area contributed by atoms with Crippen LogP contribution in [-0.4, -0.2) is 216 Å². The van der Waals surface area contributed by atoms with E-state index in [0.717, 1.165) is 0 Å². The van der Waals surface area contributed by atoms with Crippen LogP contribution in [0.3, 0.4) is 0 Å². The highest BCUT2D eigenvalue weighted by Gasteiger charge is 2.54. The maximum atomic E-state index is 11.1. The van der Waals surface area contributed by atoms with Gasteiger partial charge in [0.1, 0.15) is 97.7 Å². The van der Waals surface area contributed by atoms with Crippen molar-refractivity contribution in [1.82, 2.24) is 0 Å². The molecule has 0 aromatic rings. The lowest BCUT2D eigenvalue weighted by molar-refractivity contribution is -0.371. The van der Waals surface area contributed by atoms with E-state index in [1.807, 2.05) is 0 Å². The molecule has 4 heterocycles. The molecule has 13 N–H and O–H groups in total. The molecule has 4 rings (SSSR count). The number of hydrogen-bond acceptors (Lipinski definition) is 20. The van der Waals surface area contributed by atoms with Gasteiger partial charge in [0.05, 0.1) is 33.0 Å². The number of ether oxygens (including phenoxy) is 7. The third kappa shape index (κ3) is 7.19. The largest absolute Gasteiger partial charge is 0.394 e. The summed E-state index contributed by atoms with van der Waals surface area (Å²) in [5.41, 5.74) is 0. The van der Waals surface area contributed by atoms with Crippen molar-refractivity contribution in [2.45, 2.75) is 117 Å². The van der Waals surface area contributed by atoms with Crippen LogP contribution in [0.1, 0.15) is 0 Å². The fourth-order valence-electron chi connectivity index (χ4n) is 5.48. The zero-order chi connectivity index (χ0) is 32.5.